The molecule has 3 amide bonds. The summed E-state index contributed by atoms with van der Waals surface area (Å²) in [5.74, 6) is 0.715. The maximum Gasteiger partial charge on any atom is 0.241 e. The van der Waals surface area contributed by atoms with Crippen LogP contribution in [0.3, 0.4) is 0 Å². The highest BCUT2D eigenvalue weighted by atomic mass is 16.5. The molecule has 0 bridgehead atoms. The molecule has 35 heavy (non-hydrogen) atoms. The van der Waals surface area contributed by atoms with Gasteiger partial charge in [-0.3, -0.25) is 19.3 Å². The zero-order valence-electron chi connectivity index (χ0n) is 20.4. The van der Waals surface area contributed by atoms with Crippen LogP contribution >= 0.6 is 0 Å². The molecule has 1 saturated carbocycles. The number of hydrogen-bond donors (Lipinski definition) is 0. The smallest absolute Gasteiger partial charge is 0.241 e. The van der Waals surface area contributed by atoms with E-state index < -0.39 is 5.41 Å². The first-order valence-electron chi connectivity index (χ1n) is 12.4. The van der Waals surface area contributed by atoms with Crippen LogP contribution < -0.4 is 9.47 Å². The predicted molar refractivity (Wildman–Crippen MR) is 130 cm³/mol. The largest absolute Gasteiger partial charge is 0.496 e. The number of likely N-dealkylation sites (N-methyl/N-ethyl adjacent to an activating group) is 1. The molecule has 0 radical (unpaired) electrons. The number of fused-ring (bicyclic) bond motifs is 1. The summed E-state index contributed by atoms with van der Waals surface area (Å²) >= 11 is 0. The first-order valence-corrected chi connectivity index (χ1v) is 12.4. The van der Waals surface area contributed by atoms with E-state index in [9.17, 15) is 14.4 Å². The Morgan fingerprint density at radius 2 is 1.83 bits per heavy atom. The molecule has 7 nitrogen and oxygen atoms in total. The lowest BCUT2D eigenvalue weighted by atomic mass is 9.75. The van der Waals surface area contributed by atoms with Crippen LogP contribution in [0.2, 0.25) is 0 Å². The molecule has 3 aliphatic rings. The third-order valence-corrected chi connectivity index (χ3v) is 7.73. The summed E-state index contributed by atoms with van der Waals surface area (Å²) in [5.41, 5.74) is 0.470. The summed E-state index contributed by atoms with van der Waals surface area (Å²) in [6.07, 6.45) is 4.16. The van der Waals surface area contributed by atoms with Gasteiger partial charge >= 0.3 is 0 Å². The summed E-state index contributed by atoms with van der Waals surface area (Å²) in [5, 5.41) is 0. The van der Waals surface area contributed by atoms with Crippen molar-refractivity contribution in [1.82, 2.24) is 9.80 Å². The summed E-state index contributed by atoms with van der Waals surface area (Å²) in [4.78, 5) is 43.9. The molecule has 2 aromatic carbocycles. The van der Waals surface area contributed by atoms with Gasteiger partial charge in [0.05, 0.1) is 19.1 Å². The number of carbonyl (C=O) groups is 3. The lowest BCUT2D eigenvalue weighted by molar-refractivity contribution is -0.144. The van der Waals surface area contributed by atoms with Gasteiger partial charge in [0.2, 0.25) is 17.7 Å². The standard InChI is InChI=1S/C28H32N2O5/c1-29(18-21-15-19-9-3-7-13-23(19)35-21)25(31)16-28(22-12-6-8-14-24(22)34-2)17-26(32)30(27(28)33)20-10-4-5-11-20/h3,6-9,12-14,20-21H,4-5,10-11,15-18H2,1-2H3. The van der Waals surface area contributed by atoms with Crippen molar-refractivity contribution in [1.29, 1.82) is 0 Å². The molecule has 1 aliphatic carbocycles. The summed E-state index contributed by atoms with van der Waals surface area (Å²) in [7, 11) is 3.28. The molecule has 0 aromatic heterocycles. The molecule has 2 unspecified atom stereocenters. The maximum absolute atomic E-state index is 14.0. The Morgan fingerprint density at radius 3 is 2.57 bits per heavy atom. The van der Waals surface area contributed by atoms with Gasteiger partial charge in [0.1, 0.15) is 17.6 Å². The third kappa shape index (κ3) is 4.17. The zero-order valence-corrected chi connectivity index (χ0v) is 20.4. The number of benzene rings is 2. The quantitative estimate of drug-likeness (QED) is 0.572. The molecule has 2 atom stereocenters. The monoisotopic (exact) mass is 476 g/mol. The minimum Gasteiger partial charge on any atom is -0.496 e. The number of para-hydroxylation sites is 2. The Hall–Kier alpha value is -3.35. The van der Waals surface area contributed by atoms with Crippen molar-refractivity contribution >= 4 is 17.7 Å². The van der Waals surface area contributed by atoms with E-state index in [0.717, 1.165) is 43.4 Å². The second-order valence-electron chi connectivity index (χ2n) is 9.97. The number of hydrogen-bond acceptors (Lipinski definition) is 5. The predicted octanol–water partition coefficient (Wildman–Crippen LogP) is 3.49. The van der Waals surface area contributed by atoms with Crippen LogP contribution in [-0.4, -0.2) is 60.4 Å². The van der Waals surface area contributed by atoms with Crippen molar-refractivity contribution in [2.45, 2.75) is 62.5 Å². The molecule has 1 saturated heterocycles. The molecule has 0 N–H and O–H groups in total. The third-order valence-electron chi connectivity index (χ3n) is 7.73. The molecule has 5 rings (SSSR count). The molecular weight excluding hydrogens is 444 g/mol. The van der Waals surface area contributed by atoms with Crippen LogP contribution in [0.5, 0.6) is 11.5 Å². The van der Waals surface area contributed by atoms with Crippen LogP contribution in [0.25, 0.3) is 0 Å². The van der Waals surface area contributed by atoms with Crippen LogP contribution in [0.15, 0.2) is 48.5 Å². The van der Waals surface area contributed by atoms with E-state index in [1.54, 1.807) is 25.1 Å². The van der Waals surface area contributed by atoms with Crippen LogP contribution in [-0.2, 0) is 26.2 Å². The van der Waals surface area contributed by atoms with Gasteiger partial charge in [-0.05, 0) is 30.5 Å². The fraction of sp³-hybridized carbons (Fsp3) is 0.464. The first kappa shape index (κ1) is 23.4. The molecule has 2 fully saturated rings. The van der Waals surface area contributed by atoms with Gasteiger partial charge in [-0.15, -0.1) is 0 Å². The average Bonchev–Trinajstić information content (AvgIpc) is 3.57. The van der Waals surface area contributed by atoms with Gasteiger partial charge in [0.25, 0.3) is 0 Å². The Kier molecular flexibility index (Phi) is 6.26. The summed E-state index contributed by atoms with van der Waals surface area (Å²) < 4.78 is 11.6. The van der Waals surface area contributed by atoms with E-state index in [2.05, 4.69) is 0 Å². The number of amides is 3. The number of rotatable bonds is 7. The van der Waals surface area contributed by atoms with E-state index >= 15 is 0 Å². The minimum atomic E-state index is -1.27. The van der Waals surface area contributed by atoms with E-state index in [0.29, 0.717) is 17.9 Å². The summed E-state index contributed by atoms with van der Waals surface area (Å²) in [6, 6.07) is 15.1. The highest BCUT2D eigenvalue weighted by Crippen LogP contribution is 2.46. The molecule has 2 aliphatic heterocycles. The number of carbonyl (C=O) groups excluding carboxylic acids is 3. The molecule has 2 heterocycles. The summed E-state index contributed by atoms with van der Waals surface area (Å²) in [6.45, 7) is 0.407. The number of likely N-dealkylation sites (tertiary alicyclic amines) is 1. The molecule has 7 heteroatoms. The Balaban J connectivity index is 1.40. The van der Waals surface area contributed by atoms with Crippen molar-refractivity contribution < 1.29 is 23.9 Å². The highest BCUT2D eigenvalue weighted by Gasteiger charge is 2.56. The van der Waals surface area contributed by atoms with Crippen molar-refractivity contribution in [3.05, 3.63) is 59.7 Å². The van der Waals surface area contributed by atoms with E-state index in [1.807, 2.05) is 42.5 Å². The van der Waals surface area contributed by atoms with Gasteiger partial charge in [-0.25, -0.2) is 0 Å². The highest BCUT2D eigenvalue weighted by molar-refractivity contribution is 6.11. The van der Waals surface area contributed by atoms with E-state index in [-0.39, 0.29) is 42.7 Å². The Morgan fingerprint density at radius 1 is 1.11 bits per heavy atom. The normalized spacial score (nSPS) is 23.9. The molecular formula is C28H32N2O5. The van der Waals surface area contributed by atoms with Crippen LogP contribution in [0.4, 0.5) is 0 Å². The number of methoxy groups -OCH3 is 1. The fourth-order valence-electron chi connectivity index (χ4n) is 5.93. The average molecular weight is 477 g/mol. The SMILES string of the molecule is COc1ccccc1C1(CC(=O)N(C)CC2Cc3ccccc3O2)CC(=O)N(C2CCCC2)C1=O. The Bertz CT molecular complexity index is 1120. The van der Waals surface area contributed by atoms with E-state index in [1.165, 1.54) is 4.90 Å². The number of ether oxygens (including phenoxy) is 2. The minimum absolute atomic E-state index is 0.0202. The van der Waals surface area contributed by atoms with Crippen LogP contribution in [0.1, 0.15) is 49.7 Å². The molecule has 184 valence electrons. The lowest BCUT2D eigenvalue weighted by Crippen LogP contribution is -2.46. The number of imide groups is 1. The van der Waals surface area contributed by atoms with Crippen molar-refractivity contribution in [3.8, 4) is 11.5 Å². The molecule has 0 spiro atoms. The van der Waals surface area contributed by atoms with Crippen molar-refractivity contribution in [2.75, 3.05) is 20.7 Å². The van der Waals surface area contributed by atoms with Crippen molar-refractivity contribution in [2.24, 2.45) is 0 Å². The second kappa shape index (κ2) is 9.36. The maximum atomic E-state index is 14.0. The first-order chi connectivity index (χ1) is 16.9. The topological polar surface area (TPSA) is 76.2 Å². The van der Waals surface area contributed by atoms with Gasteiger partial charge in [-0.1, -0.05) is 49.2 Å². The number of nitrogens with zero attached hydrogens (tertiary/aromatic N) is 2. The van der Waals surface area contributed by atoms with E-state index in [4.69, 9.17) is 9.47 Å². The zero-order chi connectivity index (χ0) is 24.6. The lowest BCUT2D eigenvalue weighted by Gasteiger charge is -2.32. The van der Waals surface area contributed by atoms with Gasteiger partial charge in [0.15, 0.2) is 0 Å². The molecule has 2 aromatic rings. The van der Waals surface area contributed by atoms with Gasteiger partial charge in [-0.2, -0.15) is 0 Å². The second-order valence-corrected chi connectivity index (χ2v) is 9.97. The van der Waals surface area contributed by atoms with Crippen LogP contribution in [0, 0.1) is 0 Å². The fourth-order valence-corrected chi connectivity index (χ4v) is 5.93. The van der Waals surface area contributed by atoms with Gasteiger partial charge in [0, 0.05) is 37.9 Å². The van der Waals surface area contributed by atoms with Crippen molar-refractivity contribution in [3.63, 3.8) is 0 Å². The van der Waals surface area contributed by atoms with Gasteiger partial charge < -0.3 is 14.4 Å². The Labute approximate surface area is 206 Å².